The number of hydrogen-bond acceptors (Lipinski definition) is 4. The average Bonchev–Trinajstić information content (AvgIpc) is 2.42. The Hall–Kier alpha value is -1.01. The molecule has 0 aliphatic rings. The molecule has 0 heterocycles. The van der Waals surface area contributed by atoms with Gasteiger partial charge >= 0.3 is 5.97 Å². The zero-order chi connectivity index (χ0) is 15.2. The molecule has 0 saturated carbocycles. The van der Waals surface area contributed by atoms with Crippen LogP contribution < -0.4 is 0 Å². The Morgan fingerprint density at radius 3 is 2.55 bits per heavy atom. The van der Waals surface area contributed by atoms with Crippen molar-refractivity contribution in [2.45, 2.75) is 31.6 Å². The largest absolute Gasteiger partial charge is 0.478 e. The number of thioether (sulfide) groups is 1. The molecule has 0 saturated heterocycles. The van der Waals surface area contributed by atoms with Crippen LogP contribution in [0.4, 0.5) is 0 Å². The molecule has 1 N–H and O–H groups in total. The lowest BCUT2D eigenvalue weighted by Gasteiger charge is -2.08. The van der Waals surface area contributed by atoms with Gasteiger partial charge in [-0.1, -0.05) is 19.9 Å². The highest BCUT2D eigenvalue weighted by molar-refractivity contribution is 7.99. The summed E-state index contributed by atoms with van der Waals surface area (Å²) in [5.74, 6) is 0.744. The monoisotopic (exact) mass is 316 g/mol. The molecule has 1 rings (SSSR count). The van der Waals surface area contributed by atoms with Gasteiger partial charge in [0.15, 0.2) is 9.84 Å². The summed E-state index contributed by atoms with van der Waals surface area (Å²) >= 11 is 1.70. The zero-order valence-electron chi connectivity index (χ0n) is 11.8. The summed E-state index contributed by atoms with van der Waals surface area (Å²) in [5.41, 5.74) is 0.731. The second kappa shape index (κ2) is 7.69. The first-order valence-electron chi connectivity index (χ1n) is 6.59. The summed E-state index contributed by atoms with van der Waals surface area (Å²) in [6.45, 7) is 3.87. The van der Waals surface area contributed by atoms with E-state index in [1.54, 1.807) is 17.8 Å². The van der Waals surface area contributed by atoms with Crippen molar-refractivity contribution in [2.24, 2.45) is 0 Å². The predicted octanol–water partition coefficient (Wildman–Crippen LogP) is 2.86. The van der Waals surface area contributed by atoms with Crippen LogP contribution in [0.3, 0.4) is 0 Å². The second-order valence-corrected chi connectivity index (χ2v) is 7.85. The van der Waals surface area contributed by atoms with Crippen molar-refractivity contribution in [3.8, 4) is 0 Å². The molecule has 0 unspecified atom stereocenters. The van der Waals surface area contributed by atoms with Crippen molar-refractivity contribution in [3.05, 3.63) is 29.3 Å². The Balaban J connectivity index is 2.95. The molecule has 112 valence electrons. The molecule has 0 radical (unpaired) electrons. The quantitative estimate of drug-likeness (QED) is 0.747. The topological polar surface area (TPSA) is 71.4 Å². The maximum absolute atomic E-state index is 12.2. The predicted molar refractivity (Wildman–Crippen MR) is 82.4 cm³/mol. The van der Waals surface area contributed by atoms with Crippen molar-refractivity contribution in [1.29, 1.82) is 0 Å². The first-order valence-corrected chi connectivity index (χ1v) is 9.39. The van der Waals surface area contributed by atoms with Gasteiger partial charge in [-0.15, -0.1) is 0 Å². The number of rotatable bonds is 8. The van der Waals surface area contributed by atoms with E-state index in [0.717, 1.165) is 11.5 Å². The normalized spacial score (nSPS) is 11.5. The molecule has 1 aromatic carbocycles. The number of aryl methyl sites for hydroxylation is 1. The van der Waals surface area contributed by atoms with Gasteiger partial charge in [0.2, 0.25) is 0 Å². The Morgan fingerprint density at radius 2 is 2.00 bits per heavy atom. The average molecular weight is 316 g/mol. The fourth-order valence-corrected chi connectivity index (χ4v) is 4.02. The summed E-state index contributed by atoms with van der Waals surface area (Å²) in [6, 6.07) is 4.38. The van der Waals surface area contributed by atoms with E-state index >= 15 is 0 Å². The van der Waals surface area contributed by atoms with Crippen LogP contribution in [0.15, 0.2) is 23.1 Å². The minimum absolute atomic E-state index is 0.0601. The number of benzene rings is 1. The molecule has 0 amide bonds. The lowest BCUT2D eigenvalue weighted by molar-refractivity contribution is 0.0695. The minimum atomic E-state index is -3.40. The summed E-state index contributed by atoms with van der Waals surface area (Å²) < 4.78 is 24.3. The molecule has 0 bridgehead atoms. The maximum Gasteiger partial charge on any atom is 0.336 e. The molecule has 0 aliphatic carbocycles. The van der Waals surface area contributed by atoms with E-state index in [-0.39, 0.29) is 16.2 Å². The zero-order valence-corrected chi connectivity index (χ0v) is 13.4. The van der Waals surface area contributed by atoms with Crippen LogP contribution >= 0.6 is 11.8 Å². The van der Waals surface area contributed by atoms with Crippen molar-refractivity contribution in [2.75, 3.05) is 17.3 Å². The third-order valence-corrected chi connectivity index (χ3v) is 5.74. The Labute approximate surface area is 124 Å². The van der Waals surface area contributed by atoms with Crippen molar-refractivity contribution in [1.82, 2.24) is 0 Å². The SMILES string of the molecule is CCSCCCS(=O)(=O)c1ccc(CC)c(C(=O)O)c1. The Kier molecular flexibility index (Phi) is 6.55. The van der Waals surface area contributed by atoms with Crippen LogP contribution in [-0.2, 0) is 16.3 Å². The fourth-order valence-electron chi connectivity index (χ4n) is 1.87. The van der Waals surface area contributed by atoms with Gasteiger partial charge < -0.3 is 5.11 Å². The number of aromatic carboxylic acids is 1. The van der Waals surface area contributed by atoms with E-state index in [9.17, 15) is 13.2 Å². The van der Waals surface area contributed by atoms with Crippen LogP contribution in [0.1, 0.15) is 36.2 Å². The van der Waals surface area contributed by atoms with Gasteiger partial charge in [0, 0.05) is 0 Å². The molecule has 4 nitrogen and oxygen atoms in total. The first-order chi connectivity index (χ1) is 9.42. The summed E-state index contributed by atoms with van der Waals surface area (Å²) in [5, 5.41) is 9.13. The van der Waals surface area contributed by atoms with Crippen molar-refractivity contribution < 1.29 is 18.3 Å². The highest BCUT2D eigenvalue weighted by Gasteiger charge is 2.18. The van der Waals surface area contributed by atoms with Crippen molar-refractivity contribution >= 4 is 27.6 Å². The molecule has 0 spiro atoms. The number of sulfone groups is 1. The molecule has 0 fully saturated rings. The van der Waals surface area contributed by atoms with Gasteiger partial charge in [0.05, 0.1) is 16.2 Å². The second-order valence-electron chi connectivity index (χ2n) is 4.35. The molecular weight excluding hydrogens is 296 g/mol. The van der Waals surface area contributed by atoms with E-state index in [1.165, 1.54) is 12.1 Å². The van der Waals surface area contributed by atoms with Crippen LogP contribution in [0, 0.1) is 0 Å². The molecule has 1 aromatic rings. The van der Waals surface area contributed by atoms with Gasteiger partial charge in [0.1, 0.15) is 0 Å². The minimum Gasteiger partial charge on any atom is -0.478 e. The molecule has 20 heavy (non-hydrogen) atoms. The molecule has 0 aliphatic heterocycles. The molecule has 0 atom stereocenters. The van der Waals surface area contributed by atoms with Crippen LogP contribution in [0.2, 0.25) is 0 Å². The number of carboxylic acids is 1. The highest BCUT2D eigenvalue weighted by atomic mass is 32.2. The van der Waals surface area contributed by atoms with Gasteiger partial charge in [-0.25, -0.2) is 13.2 Å². The van der Waals surface area contributed by atoms with Crippen LogP contribution in [0.25, 0.3) is 0 Å². The van der Waals surface area contributed by atoms with E-state index in [1.807, 2.05) is 13.8 Å². The van der Waals surface area contributed by atoms with Gasteiger partial charge in [-0.2, -0.15) is 11.8 Å². The van der Waals surface area contributed by atoms with Gasteiger partial charge in [-0.3, -0.25) is 0 Å². The molecule has 6 heteroatoms. The van der Waals surface area contributed by atoms with Gasteiger partial charge in [-0.05, 0) is 42.0 Å². The lowest BCUT2D eigenvalue weighted by Crippen LogP contribution is -2.10. The maximum atomic E-state index is 12.2. The number of hydrogen-bond donors (Lipinski definition) is 1. The van der Waals surface area contributed by atoms with Crippen LogP contribution in [0.5, 0.6) is 0 Å². The molecule has 0 aromatic heterocycles. The first kappa shape index (κ1) is 17.0. The smallest absolute Gasteiger partial charge is 0.336 e. The summed E-state index contributed by atoms with van der Waals surface area (Å²) in [7, 11) is -3.40. The lowest BCUT2D eigenvalue weighted by atomic mass is 10.1. The van der Waals surface area contributed by atoms with Crippen LogP contribution in [-0.4, -0.2) is 36.8 Å². The molecular formula is C14H20O4S2. The highest BCUT2D eigenvalue weighted by Crippen LogP contribution is 2.19. The third kappa shape index (κ3) is 4.52. The van der Waals surface area contributed by atoms with Crippen molar-refractivity contribution in [3.63, 3.8) is 0 Å². The fraction of sp³-hybridized carbons (Fsp3) is 0.500. The van der Waals surface area contributed by atoms with E-state index in [0.29, 0.717) is 18.4 Å². The number of carboxylic acid groups (broad SMARTS) is 1. The van der Waals surface area contributed by atoms with Gasteiger partial charge in [0.25, 0.3) is 0 Å². The third-order valence-electron chi connectivity index (χ3n) is 2.96. The van der Waals surface area contributed by atoms with E-state index in [2.05, 4.69) is 0 Å². The Bertz CT molecular complexity index is 565. The number of carbonyl (C=O) groups is 1. The summed E-state index contributed by atoms with van der Waals surface area (Å²) in [6.07, 6.45) is 1.15. The summed E-state index contributed by atoms with van der Waals surface area (Å²) in [4.78, 5) is 11.3. The standard InChI is InChI=1S/C14H20O4S2/c1-3-11-6-7-12(10-13(11)14(15)16)20(17,18)9-5-8-19-4-2/h6-7,10H,3-5,8-9H2,1-2H3,(H,15,16). The Morgan fingerprint density at radius 1 is 1.30 bits per heavy atom. The van der Waals surface area contributed by atoms with E-state index in [4.69, 9.17) is 5.11 Å². The van der Waals surface area contributed by atoms with E-state index < -0.39 is 15.8 Å².